The number of aromatic nitrogens is 2. The molecule has 0 bridgehead atoms. The Morgan fingerprint density at radius 3 is 2.43 bits per heavy atom. The van der Waals surface area contributed by atoms with Crippen molar-refractivity contribution in [3.63, 3.8) is 0 Å². The Labute approximate surface area is 163 Å². The van der Waals surface area contributed by atoms with E-state index in [9.17, 15) is 13.2 Å². The van der Waals surface area contributed by atoms with Crippen molar-refractivity contribution in [1.29, 1.82) is 0 Å². The summed E-state index contributed by atoms with van der Waals surface area (Å²) in [6.07, 6.45) is 2.77. The summed E-state index contributed by atoms with van der Waals surface area (Å²) in [5, 5.41) is 4.36. The molecule has 0 atom stereocenters. The lowest BCUT2D eigenvalue weighted by Gasteiger charge is -2.10. The van der Waals surface area contributed by atoms with E-state index in [1.54, 1.807) is 30.3 Å². The maximum atomic E-state index is 12.5. The summed E-state index contributed by atoms with van der Waals surface area (Å²) in [6.45, 7) is 0.307. The first-order chi connectivity index (χ1) is 13.5. The molecule has 0 spiro atoms. The van der Waals surface area contributed by atoms with Gasteiger partial charge in [-0.1, -0.05) is 42.5 Å². The third kappa shape index (κ3) is 3.90. The molecule has 0 unspecified atom stereocenters. The first kappa shape index (κ1) is 18.6. The fourth-order valence-corrected chi connectivity index (χ4v) is 4.45. The zero-order valence-corrected chi connectivity index (χ0v) is 16.2. The molecule has 0 saturated heterocycles. The van der Waals surface area contributed by atoms with Gasteiger partial charge in [0.05, 0.1) is 17.1 Å². The number of nitrogens with one attached hydrogen (secondary N) is 1. The van der Waals surface area contributed by atoms with Gasteiger partial charge in [0, 0.05) is 12.6 Å². The van der Waals surface area contributed by atoms with E-state index in [1.165, 1.54) is 4.68 Å². The molecule has 1 aromatic heterocycles. The van der Waals surface area contributed by atoms with Crippen LogP contribution in [0.1, 0.15) is 17.7 Å². The molecule has 0 saturated carbocycles. The molecule has 0 aliphatic heterocycles. The Kier molecular flexibility index (Phi) is 5.11. The summed E-state index contributed by atoms with van der Waals surface area (Å²) in [6, 6.07) is 18.1. The first-order valence-electron chi connectivity index (χ1n) is 9.28. The van der Waals surface area contributed by atoms with E-state index < -0.39 is 10.0 Å². The Morgan fingerprint density at radius 1 is 0.964 bits per heavy atom. The molecule has 1 aliphatic rings. The van der Waals surface area contributed by atoms with Crippen molar-refractivity contribution in [2.75, 3.05) is 6.54 Å². The van der Waals surface area contributed by atoms with Gasteiger partial charge in [-0.2, -0.15) is 5.10 Å². The Balaban J connectivity index is 1.43. The first-order valence-corrected chi connectivity index (χ1v) is 10.8. The highest BCUT2D eigenvalue weighted by molar-refractivity contribution is 7.89. The average Bonchev–Trinajstić information content (AvgIpc) is 3.16. The van der Waals surface area contributed by atoms with E-state index in [1.807, 2.05) is 30.3 Å². The number of fused-ring (bicyclic) bond motifs is 1. The van der Waals surface area contributed by atoms with Crippen molar-refractivity contribution in [2.45, 2.75) is 30.7 Å². The van der Waals surface area contributed by atoms with Gasteiger partial charge in [0.2, 0.25) is 10.0 Å². The Morgan fingerprint density at radius 2 is 1.68 bits per heavy atom. The summed E-state index contributed by atoms with van der Waals surface area (Å²) in [7, 11) is -3.65. The molecular formula is C21H21N3O3S. The van der Waals surface area contributed by atoms with Crippen LogP contribution < -0.4 is 10.3 Å². The maximum Gasteiger partial charge on any atom is 0.267 e. The molecule has 1 heterocycles. The maximum absolute atomic E-state index is 12.5. The Hall–Kier alpha value is -2.77. The molecule has 0 radical (unpaired) electrons. The van der Waals surface area contributed by atoms with Gasteiger partial charge >= 0.3 is 0 Å². The fourth-order valence-electron chi connectivity index (χ4n) is 3.43. The molecule has 7 heteroatoms. The predicted octanol–water partition coefficient (Wildman–Crippen LogP) is 2.38. The van der Waals surface area contributed by atoms with Gasteiger partial charge < -0.3 is 0 Å². The van der Waals surface area contributed by atoms with Crippen molar-refractivity contribution in [1.82, 2.24) is 14.5 Å². The summed E-state index contributed by atoms with van der Waals surface area (Å²) < 4.78 is 28.9. The van der Waals surface area contributed by atoms with Gasteiger partial charge in [-0.3, -0.25) is 4.79 Å². The normalized spacial score (nSPS) is 13.4. The minimum Gasteiger partial charge on any atom is -0.268 e. The number of nitrogens with zero attached hydrogens (tertiary/aromatic N) is 2. The van der Waals surface area contributed by atoms with Crippen LogP contribution in [-0.4, -0.2) is 24.7 Å². The average molecular weight is 395 g/mol. The summed E-state index contributed by atoms with van der Waals surface area (Å²) >= 11 is 0. The minimum absolute atomic E-state index is 0.106. The third-order valence-electron chi connectivity index (χ3n) is 4.91. The molecule has 1 aliphatic carbocycles. The van der Waals surface area contributed by atoms with Crippen molar-refractivity contribution >= 4 is 10.0 Å². The molecule has 28 heavy (non-hydrogen) atoms. The molecule has 2 aromatic carbocycles. The quantitative estimate of drug-likeness (QED) is 0.695. The number of rotatable bonds is 6. The number of aryl methyl sites for hydroxylation is 2. The molecule has 1 N–H and O–H groups in total. The van der Waals surface area contributed by atoms with Crippen LogP contribution in [0.4, 0.5) is 0 Å². The molecule has 6 nitrogen and oxygen atoms in total. The van der Waals surface area contributed by atoms with Crippen LogP contribution in [0.25, 0.3) is 11.1 Å². The smallest absolute Gasteiger partial charge is 0.267 e. The van der Waals surface area contributed by atoms with Crippen molar-refractivity contribution in [2.24, 2.45) is 0 Å². The van der Waals surface area contributed by atoms with E-state index in [2.05, 4.69) is 9.82 Å². The zero-order chi connectivity index (χ0) is 19.6. The van der Waals surface area contributed by atoms with Crippen LogP contribution in [0, 0.1) is 0 Å². The highest BCUT2D eigenvalue weighted by atomic mass is 32.2. The number of sulfonamides is 1. The predicted molar refractivity (Wildman–Crippen MR) is 108 cm³/mol. The van der Waals surface area contributed by atoms with Crippen LogP contribution in [-0.2, 0) is 29.4 Å². The van der Waals surface area contributed by atoms with Crippen LogP contribution in [0.5, 0.6) is 0 Å². The number of hydrogen-bond acceptors (Lipinski definition) is 4. The summed E-state index contributed by atoms with van der Waals surface area (Å²) in [4.78, 5) is 12.3. The lowest BCUT2D eigenvalue weighted by molar-refractivity contribution is 0.541. The Bertz CT molecular complexity index is 1140. The number of benzene rings is 2. The van der Waals surface area contributed by atoms with Gasteiger partial charge in [-0.05, 0) is 48.1 Å². The SMILES string of the molecule is O=c1cc2c(nn1CCNS(=O)(=O)c1ccc(-c3ccccc3)cc1)CCC2. The van der Waals surface area contributed by atoms with Crippen LogP contribution >= 0.6 is 0 Å². The number of hydrogen-bond donors (Lipinski definition) is 1. The zero-order valence-electron chi connectivity index (χ0n) is 15.3. The molecular weight excluding hydrogens is 374 g/mol. The van der Waals surface area contributed by atoms with Gasteiger partial charge in [-0.25, -0.2) is 17.8 Å². The molecule has 144 valence electrons. The monoisotopic (exact) mass is 395 g/mol. The minimum atomic E-state index is -3.65. The van der Waals surface area contributed by atoms with Gasteiger partial charge in [-0.15, -0.1) is 0 Å². The largest absolute Gasteiger partial charge is 0.268 e. The third-order valence-corrected chi connectivity index (χ3v) is 6.39. The summed E-state index contributed by atoms with van der Waals surface area (Å²) in [5.41, 5.74) is 3.75. The van der Waals surface area contributed by atoms with Gasteiger partial charge in [0.1, 0.15) is 0 Å². The van der Waals surface area contributed by atoms with E-state index >= 15 is 0 Å². The van der Waals surface area contributed by atoms with E-state index in [0.717, 1.165) is 41.6 Å². The highest BCUT2D eigenvalue weighted by Gasteiger charge is 2.16. The van der Waals surface area contributed by atoms with E-state index in [4.69, 9.17) is 0 Å². The standard InChI is InChI=1S/C21H21N3O3S/c25-21-15-18-7-4-8-20(18)23-24(21)14-13-22-28(26,27)19-11-9-17(10-12-19)16-5-2-1-3-6-16/h1-3,5-6,9-12,15,22H,4,7-8,13-14H2. The lowest BCUT2D eigenvalue weighted by atomic mass is 10.1. The van der Waals surface area contributed by atoms with E-state index in [0.29, 0.717) is 0 Å². The second kappa shape index (κ2) is 7.69. The highest BCUT2D eigenvalue weighted by Crippen LogP contribution is 2.21. The molecule has 3 aromatic rings. The molecule has 0 fully saturated rings. The van der Waals surface area contributed by atoms with Crippen LogP contribution in [0.15, 0.2) is 70.4 Å². The molecule has 4 rings (SSSR count). The second-order valence-corrected chi connectivity index (χ2v) is 8.59. The topological polar surface area (TPSA) is 81.1 Å². The second-order valence-electron chi connectivity index (χ2n) is 6.82. The molecule has 0 amide bonds. The van der Waals surface area contributed by atoms with Crippen LogP contribution in [0.2, 0.25) is 0 Å². The fraction of sp³-hybridized carbons (Fsp3) is 0.238. The lowest BCUT2D eigenvalue weighted by Crippen LogP contribution is -2.32. The van der Waals surface area contributed by atoms with Crippen LogP contribution in [0.3, 0.4) is 0 Å². The van der Waals surface area contributed by atoms with Crippen molar-refractivity contribution in [3.8, 4) is 11.1 Å². The van der Waals surface area contributed by atoms with Crippen molar-refractivity contribution in [3.05, 3.63) is 82.3 Å². The van der Waals surface area contributed by atoms with Crippen molar-refractivity contribution < 1.29 is 8.42 Å². The van der Waals surface area contributed by atoms with Gasteiger partial charge in [0.25, 0.3) is 5.56 Å². The van der Waals surface area contributed by atoms with Gasteiger partial charge in [0.15, 0.2) is 0 Å². The summed E-state index contributed by atoms with van der Waals surface area (Å²) in [5.74, 6) is 0. The van der Waals surface area contributed by atoms with E-state index in [-0.39, 0.29) is 23.5 Å².